The summed E-state index contributed by atoms with van der Waals surface area (Å²) in [6.45, 7) is 4.47. The smallest absolute Gasteiger partial charge is 0.293 e. The van der Waals surface area contributed by atoms with Gasteiger partial charge in [0, 0.05) is 29.7 Å². The van der Waals surface area contributed by atoms with Gasteiger partial charge in [-0.2, -0.15) is 0 Å². The van der Waals surface area contributed by atoms with Gasteiger partial charge in [-0.15, -0.1) is 0 Å². The lowest BCUT2D eigenvalue weighted by Gasteiger charge is -2.12. The molecule has 0 bridgehead atoms. The molecule has 6 heteroatoms. The quantitative estimate of drug-likeness (QED) is 0.432. The van der Waals surface area contributed by atoms with Crippen LogP contribution in [0, 0.1) is 13.8 Å². The molecule has 1 fully saturated rings. The van der Waals surface area contributed by atoms with Gasteiger partial charge >= 0.3 is 0 Å². The molecule has 0 spiro atoms. The highest BCUT2D eigenvalue weighted by molar-refractivity contribution is 8.18. The molecule has 1 aliphatic heterocycles. The number of benzene rings is 2. The second kappa shape index (κ2) is 9.49. The van der Waals surface area contributed by atoms with E-state index in [0.717, 1.165) is 53.0 Å². The van der Waals surface area contributed by atoms with Crippen LogP contribution in [0.4, 0.5) is 4.79 Å². The van der Waals surface area contributed by atoms with Crippen molar-refractivity contribution in [1.82, 2.24) is 9.47 Å². The highest BCUT2D eigenvalue weighted by Gasteiger charge is 2.34. The van der Waals surface area contributed by atoms with Crippen molar-refractivity contribution in [2.45, 2.75) is 26.7 Å². The number of imide groups is 1. The zero-order chi connectivity index (χ0) is 22.7. The fourth-order valence-electron chi connectivity index (χ4n) is 4.00. The Morgan fingerprint density at radius 3 is 2.53 bits per heavy atom. The number of carbonyl (C=O) groups is 2. The molecule has 4 rings (SSSR count). The molecule has 1 saturated heterocycles. The highest BCUT2D eigenvalue weighted by Crippen LogP contribution is 2.34. The average molecular weight is 447 g/mol. The predicted octanol–water partition coefficient (Wildman–Crippen LogP) is 5.77. The number of hydrogen-bond acceptors (Lipinski definition) is 4. The standard InChI is InChI=1S/C26H26N2O3S/c1-18-15-21(19(2)28(18)22-12-7-13-23(17-22)31-3)16-24-25(29)27(26(30)32-24)14-8-11-20-9-5-4-6-10-20/h4-7,9-10,12-13,15-17H,8,11,14H2,1-3H3/b24-16-. The van der Waals surface area contributed by atoms with E-state index in [1.807, 2.05) is 68.5 Å². The van der Waals surface area contributed by atoms with Crippen molar-refractivity contribution in [2.75, 3.05) is 13.7 Å². The predicted molar refractivity (Wildman–Crippen MR) is 129 cm³/mol. The van der Waals surface area contributed by atoms with Gasteiger partial charge in [0.1, 0.15) is 5.75 Å². The maximum atomic E-state index is 12.9. The lowest BCUT2D eigenvalue weighted by atomic mass is 10.1. The van der Waals surface area contributed by atoms with Crippen molar-refractivity contribution in [3.05, 3.63) is 88.1 Å². The Kier molecular flexibility index (Phi) is 6.51. The molecule has 32 heavy (non-hydrogen) atoms. The van der Waals surface area contributed by atoms with Crippen LogP contribution < -0.4 is 4.74 Å². The van der Waals surface area contributed by atoms with E-state index in [-0.39, 0.29) is 11.1 Å². The summed E-state index contributed by atoms with van der Waals surface area (Å²) in [5.41, 5.74) is 5.18. The van der Waals surface area contributed by atoms with E-state index in [4.69, 9.17) is 4.74 Å². The number of methoxy groups -OCH3 is 1. The van der Waals surface area contributed by atoms with Crippen molar-refractivity contribution in [3.8, 4) is 11.4 Å². The van der Waals surface area contributed by atoms with E-state index < -0.39 is 0 Å². The van der Waals surface area contributed by atoms with Crippen molar-refractivity contribution < 1.29 is 14.3 Å². The van der Waals surface area contributed by atoms with Gasteiger partial charge in [0.05, 0.1) is 12.0 Å². The number of aryl methyl sites for hydroxylation is 2. The topological polar surface area (TPSA) is 51.5 Å². The van der Waals surface area contributed by atoms with Gasteiger partial charge in [0.15, 0.2) is 0 Å². The summed E-state index contributed by atoms with van der Waals surface area (Å²) in [7, 11) is 1.65. The summed E-state index contributed by atoms with van der Waals surface area (Å²) in [4.78, 5) is 27.2. The second-order valence-electron chi connectivity index (χ2n) is 7.79. The van der Waals surface area contributed by atoms with E-state index in [2.05, 4.69) is 16.7 Å². The highest BCUT2D eigenvalue weighted by atomic mass is 32.2. The largest absolute Gasteiger partial charge is 0.497 e. The molecule has 0 radical (unpaired) electrons. The molecule has 1 aliphatic rings. The fraction of sp³-hybridized carbons (Fsp3) is 0.231. The van der Waals surface area contributed by atoms with E-state index in [9.17, 15) is 9.59 Å². The van der Waals surface area contributed by atoms with Crippen LogP contribution in [0.3, 0.4) is 0 Å². The van der Waals surface area contributed by atoms with Crippen molar-refractivity contribution >= 4 is 29.0 Å². The number of amides is 2. The molecule has 0 atom stereocenters. The first-order valence-electron chi connectivity index (χ1n) is 10.6. The molecule has 1 aromatic heterocycles. The van der Waals surface area contributed by atoms with E-state index in [1.54, 1.807) is 7.11 Å². The van der Waals surface area contributed by atoms with Crippen LogP contribution in [0.25, 0.3) is 11.8 Å². The Balaban J connectivity index is 1.51. The van der Waals surface area contributed by atoms with Gasteiger partial charge in [-0.25, -0.2) is 0 Å². The summed E-state index contributed by atoms with van der Waals surface area (Å²) < 4.78 is 7.48. The Hall–Kier alpha value is -3.25. The zero-order valence-corrected chi connectivity index (χ0v) is 19.3. The number of hydrogen-bond donors (Lipinski definition) is 0. The minimum absolute atomic E-state index is 0.198. The minimum Gasteiger partial charge on any atom is -0.497 e. The summed E-state index contributed by atoms with van der Waals surface area (Å²) in [6.07, 6.45) is 3.42. The third-order valence-electron chi connectivity index (χ3n) is 5.63. The number of aromatic nitrogens is 1. The summed E-state index contributed by atoms with van der Waals surface area (Å²) in [6, 6.07) is 20.0. The Bertz CT molecular complexity index is 1180. The van der Waals surface area contributed by atoms with Crippen LogP contribution in [0.15, 0.2) is 65.6 Å². The number of carbonyl (C=O) groups excluding carboxylic acids is 2. The molecule has 2 aromatic carbocycles. The average Bonchev–Trinajstić information content (AvgIpc) is 3.23. The second-order valence-corrected chi connectivity index (χ2v) is 8.78. The van der Waals surface area contributed by atoms with Gasteiger partial charge in [-0.05, 0) is 73.9 Å². The van der Waals surface area contributed by atoms with Gasteiger partial charge < -0.3 is 9.30 Å². The molecule has 0 aliphatic carbocycles. The van der Waals surface area contributed by atoms with Crippen LogP contribution in [-0.4, -0.2) is 34.3 Å². The van der Waals surface area contributed by atoms with Crippen LogP contribution >= 0.6 is 11.8 Å². The third kappa shape index (κ3) is 4.50. The lowest BCUT2D eigenvalue weighted by Crippen LogP contribution is -2.29. The molecule has 0 saturated carbocycles. The third-order valence-corrected chi connectivity index (χ3v) is 6.54. The molecular formula is C26H26N2O3S. The van der Waals surface area contributed by atoms with E-state index >= 15 is 0 Å². The maximum Gasteiger partial charge on any atom is 0.293 e. The molecule has 2 amide bonds. The fourth-order valence-corrected chi connectivity index (χ4v) is 4.86. The van der Waals surface area contributed by atoms with Crippen molar-refractivity contribution in [3.63, 3.8) is 0 Å². The number of ether oxygens (including phenoxy) is 1. The van der Waals surface area contributed by atoms with Crippen LogP contribution in [0.1, 0.15) is 28.9 Å². The van der Waals surface area contributed by atoms with Crippen molar-refractivity contribution in [2.24, 2.45) is 0 Å². The molecule has 2 heterocycles. The summed E-state index contributed by atoms with van der Waals surface area (Å²) >= 11 is 1.02. The molecule has 0 N–H and O–H groups in total. The molecular weight excluding hydrogens is 420 g/mol. The Morgan fingerprint density at radius 1 is 1.00 bits per heavy atom. The van der Waals surface area contributed by atoms with Crippen molar-refractivity contribution in [1.29, 1.82) is 0 Å². The SMILES string of the molecule is COc1cccc(-n2c(C)cc(/C=C3\SC(=O)N(CCCc4ccccc4)C3=O)c2C)c1. The molecule has 164 valence electrons. The maximum absolute atomic E-state index is 12.9. The number of rotatable bonds is 7. The Morgan fingerprint density at radius 2 is 1.78 bits per heavy atom. The minimum atomic E-state index is -0.209. The Labute approximate surface area is 192 Å². The first kappa shape index (κ1) is 22.0. The van der Waals surface area contributed by atoms with Crippen LogP contribution in [0.5, 0.6) is 5.75 Å². The first-order chi connectivity index (χ1) is 15.5. The van der Waals surface area contributed by atoms with Gasteiger partial charge in [-0.1, -0.05) is 36.4 Å². The molecule has 0 unspecified atom stereocenters. The summed E-state index contributed by atoms with van der Waals surface area (Å²) in [5, 5.41) is -0.198. The molecule has 3 aromatic rings. The number of nitrogens with zero attached hydrogens (tertiary/aromatic N) is 2. The van der Waals surface area contributed by atoms with Crippen LogP contribution in [0.2, 0.25) is 0 Å². The van der Waals surface area contributed by atoms with Gasteiger partial charge in [0.25, 0.3) is 11.1 Å². The van der Waals surface area contributed by atoms with Gasteiger partial charge in [-0.3, -0.25) is 14.5 Å². The summed E-state index contributed by atoms with van der Waals surface area (Å²) in [5.74, 6) is 0.576. The first-order valence-corrected chi connectivity index (χ1v) is 11.4. The molecule has 5 nitrogen and oxygen atoms in total. The van der Waals surface area contributed by atoms with Gasteiger partial charge in [0.2, 0.25) is 0 Å². The lowest BCUT2D eigenvalue weighted by molar-refractivity contribution is -0.122. The van der Waals surface area contributed by atoms with E-state index in [0.29, 0.717) is 11.4 Å². The zero-order valence-electron chi connectivity index (χ0n) is 18.5. The monoisotopic (exact) mass is 446 g/mol. The van der Waals surface area contributed by atoms with Crippen LogP contribution in [-0.2, 0) is 11.2 Å². The number of thioether (sulfide) groups is 1. The van der Waals surface area contributed by atoms with E-state index in [1.165, 1.54) is 10.5 Å². The normalized spacial score (nSPS) is 15.1.